The Kier molecular flexibility index (Phi) is 8.97. The van der Waals surface area contributed by atoms with Crippen molar-refractivity contribution in [1.82, 2.24) is 5.32 Å². The van der Waals surface area contributed by atoms with Gasteiger partial charge in [-0.1, -0.05) is 39.7 Å². The predicted octanol–water partition coefficient (Wildman–Crippen LogP) is 2.58. The summed E-state index contributed by atoms with van der Waals surface area (Å²) >= 11 is 0. The molecule has 104 valence electrons. The lowest BCUT2D eigenvalue weighted by atomic mass is 10.1. The van der Waals surface area contributed by atoms with E-state index in [-0.39, 0.29) is 11.9 Å². The number of ether oxygens (including phenoxy) is 1. The van der Waals surface area contributed by atoms with Crippen LogP contribution in [0.2, 0.25) is 0 Å². The average Bonchev–Trinajstić information content (AvgIpc) is 2.34. The van der Waals surface area contributed by atoms with Gasteiger partial charge in [-0.3, -0.25) is 4.79 Å². The fraction of sp³-hybridized carbons (Fsp3) is 0.714. The minimum atomic E-state index is -0.550. The van der Waals surface area contributed by atoms with Gasteiger partial charge in [-0.15, -0.1) is 0 Å². The van der Waals surface area contributed by atoms with Crippen LogP contribution in [0.15, 0.2) is 12.2 Å². The third kappa shape index (κ3) is 7.09. The van der Waals surface area contributed by atoms with E-state index in [1.54, 1.807) is 6.92 Å². The number of esters is 1. The molecule has 18 heavy (non-hydrogen) atoms. The highest BCUT2D eigenvalue weighted by molar-refractivity contribution is 5.95. The molecule has 4 nitrogen and oxygen atoms in total. The first-order valence-corrected chi connectivity index (χ1v) is 6.65. The van der Waals surface area contributed by atoms with Gasteiger partial charge in [-0.05, 0) is 19.8 Å². The second-order valence-corrected chi connectivity index (χ2v) is 4.47. The number of carbonyl (C=O) groups is 2. The third-order valence-electron chi connectivity index (χ3n) is 2.57. The molecule has 1 amide bonds. The number of carbonyl (C=O) groups excluding carboxylic acids is 2. The van der Waals surface area contributed by atoms with E-state index in [1.807, 2.05) is 13.8 Å². The van der Waals surface area contributed by atoms with Crippen LogP contribution in [0.4, 0.5) is 0 Å². The average molecular weight is 255 g/mol. The second-order valence-electron chi connectivity index (χ2n) is 4.47. The second kappa shape index (κ2) is 9.68. The van der Waals surface area contributed by atoms with E-state index in [4.69, 9.17) is 4.74 Å². The normalized spacial score (nSPS) is 11.7. The topological polar surface area (TPSA) is 55.4 Å². The van der Waals surface area contributed by atoms with Crippen molar-refractivity contribution in [2.24, 2.45) is 0 Å². The molecule has 0 heterocycles. The van der Waals surface area contributed by atoms with Crippen molar-refractivity contribution in [1.29, 1.82) is 0 Å². The zero-order valence-corrected chi connectivity index (χ0v) is 11.8. The lowest BCUT2D eigenvalue weighted by Crippen LogP contribution is -2.42. The van der Waals surface area contributed by atoms with Crippen molar-refractivity contribution < 1.29 is 14.3 Å². The first kappa shape index (κ1) is 16.7. The van der Waals surface area contributed by atoms with E-state index in [1.165, 1.54) is 0 Å². The Morgan fingerprint density at radius 1 is 1.22 bits per heavy atom. The largest absolute Gasteiger partial charge is 0.464 e. The molecule has 1 unspecified atom stereocenters. The molecule has 0 aromatic carbocycles. The van der Waals surface area contributed by atoms with Crippen LogP contribution in [-0.2, 0) is 14.3 Å². The van der Waals surface area contributed by atoms with Crippen LogP contribution in [0.1, 0.15) is 52.9 Å². The Bertz CT molecular complexity index is 287. The van der Waals surface area contributed by atoms with E-state index in [0.29, 0.717) is 18.6 Å². The van der Waals surface area contributed by atoms with Crippen molar-refractivity contribution in [2.75, 3.05) is 6.61 Å². The van der Waals surface area contributed by atoms with Crippen molar-refractivity contribution in [3.05, 3.63) is 12.2 Å². The summed E-state index contributed by atoms with van der Waals surface area (Å²) in [6.07, 6.45) is 4.29. The Hall–Kier alpha value is -1.32. The van der Waals surface area contributed by atoms with E-state index in [9.17, 15) is 9.59 Å². The quantitative estimate of drug-likeness (QED) is 0.391. The SMILES string of the molecule is C=C(C)C(=O)NC(CCCC)C(=O)OCCCC. The summed E-state index contributed by atoms with van der Waals surface area (Å²) in [5, 5.41) is 2.66. The van der Waals surface area contributed by atoms with Crippen molar-refractivity contribution in [3.8, 4) is 0 Å². The maximum absolute atomic E-state index is 11.8. The van der Waals surface area contributed by atoms with Crippen molar-refractivity contribution >= 4 is 11.9 Å². The van der Waals surface area contributed by atoms with Gasteiger partial charge in [0.15, 0.2) is 0 Å². The fourth-order valence-electron chi connectivity index (χ4n) is 1.36. The van der Waals surface area contributed by atoms with Gasteiger partial charge in [0.1, 0.15) is 6.04 Å². The van der Waals surface area contributed by atoms with Gasteiger partial charge in [-0.25, -0.2) is 4.79 Å². The molecule has 1 atom stereocenters. The molecule has 0 saturated carbocycles. The number of hydrogen-bond donors (Lipinski definition) is 1. The van der Waals surface area contributed by atoms with Gasteiger partial charge in [0.05, 0.1) is 6.61 Å². The van der Waals surface area contributed by atoms with Crippen LogP contribution in [0.5, 0.6) is 0 Å². The van der Waals surface area contributed by atoms with Crippen molar-refractivity contribution in [3.63, 3.8) is 0 Å². The molecular formula is C14H25NO3. The zero-order chi connectivity index (χ0) is 14.0. The summed E-state index contributed by atoms with van der Waals surface area (Å²) in [6, 6.07) is -0.550. The van der Waals surface area contributed by atoms with Gasteiger partial charge in [-0.2, -0.15) is 0 Å². The van der Waals surface area contributed by atoms with E-state index in [2.05, 4.69) is 11.9 Å². The molecule has 0 aliphatic rings. The first-order valence-electron chi connectivity index (χ1n) is 6.65. The summed E-state index contributed by atoms with van der Waals surface area (Å²) in [6.45, 7) is 9.67. The Balaban J connectivity index is 4.32. The molecule has 0 bridgehead atoms. The van der Waals surface area contributed by atoms with Gasteiger partial charge in [0.2, 0.25) is 5.91 Å². The first-order chi connectivity index (χ1) is 8.52. The van der Waals surface area contributed by atoms with Gasteiger partial charge >= 0.3 is 5.97 Å². The van der Waals surface area contributed by atoms with Gasteiger partial charge in [0.25, 0.3) is 0 Å². The molecule has 0 radical (unpaired) electrons. The summed E-state index contributed by atoms with van der Waals surface area (Å²) in [4.78, 5) is 23.3. The number of amides is 1. The van der Waals surface area contributed by atoms with Crippen molar-refractivity contribution in [2.45, 2.75) is 58.9 Å². The predicted molar refractivity (Wildman–Crippen MR) is 72.1 cm³/mol. The summed E-state index contributed by atoms with van der Waals surface area (Å²) in [7, 11) is 0. The van der Waals surface area contributed by atoms with Crippen LogP contribution < -0.4 is 5.32 Å². The highest BCUT2D eigenvalue weighted by Gasteiger charge is 2.21. The molecule has 0 aliphatic heterocycles. The van der Waals surface area contributed by atoms with Crippen LogP contribution in [-0.4, -0.2) is 24.5 Å². The Morgan fingerprint density at radius 2 is 1.83 bits per heavy atom. The molecule has 0 aromatic rings. The molecule has 0 fully saturated rings. The third-order valence-corrected chi connectivity index (χ3v) is 2.57. The summed E-state index contributed by atoms with van der Waals surface area (Å²) < 4.78 is 5.14. The van der Waals surface area contributed by atoms with Crippen LogP contribution >= 0.6 is 0 Å². The minimum absolute atomic E-state index is 0.288. The lowest BCUT2D eigenvalue weighted by molar-refractivity contribution is -0.147. The summed E-state index contributed by atoms with van der Waals surface area (Å²) in [5.74, 6) is -0.630. The monoisotopic (exact) mass is 255 g/mol. The number of rotatable bonds is 9. The van der Waals surface area contributed by atoms with E-state index >= 15 is 0 Å². The number of nitrogens with one attached hydrogen (secondary N) is 1. The molecule has 0 aromatic heterocycles. The Labute approximate surface area is 110 Å². The molecule has 0 spiro atoms. The van der Waals surface area contributed by atoms with Gasteiger partial charge < -0.3 is 10.1 Å². The molecule has 0 rings (SSSR count). The minimum Gasteiger partial charge on any atom is -0.464 e. The molecule has 4 heteroatoms. The summed E-state index contributed by atoms with van der Waals surface area (Å²) in [5.41, 5.74) is 0.401. The highest BCUT2D eigenvalue weighted by atomic mass is 16.5. The highest BCUT2D eigenvalue weighted by Crippen LogP contribution is 2.05. The van der Waals surface area contributed by atoms with E-state index < -0.39 is 6.04 Å². The molecule has 1 N–H and O–H groups in total. The fourth-order valence-corrected chi connectivity index (χ4v) is 1.36. The van der Waals surface area contributed by atoms with E-state index in [0.717, 1.165) is 25.7 Å². The smallest absolute Gasteiger partial charge is 0.328 e. The van der Waals surface area contributed by atoms with Crippen LogP contribution in [0.3, 0.4) is 0 Å². The standard InChI is InChI=1S/C14H25NO3/c1-5-7-9-12(15-13(16)11(3)4)14(17)18-10-8-6-2/h12H,3,5-10H2,1-2,4H3,(H,15,16). The number of unbranched alkanes of at least 4 members (excludes halogenated alkanes) is 2. The molecule has 0 aliphatic carbocycles. The van der Waals surface area contributed by atoms with Gasteiger partial charge in [0, 0.05) is 5.57 Å². The lowest BCUT2D eigenvalue weighted by Gasteiger charge is -2.17. The zero-order valence-electron chi connectivity index (χ0n) is 11.8. The molecule has 0 saturated heterocycles. The Morgan fingerprint density at radius 3 is 2.33 bits per heavy atom. The maximum Gasteiger partial charge on any atom is 0.328 e. The maximum atomic E-state index is 11.8. The van der Waals surface area contributed by atoms with Crippen LogP contribution in [0.25, 0.3) is 0 Å². The number of hydrogen-bond acceptors (Lipinski definition) is 3. The van der Waals surface area contributed by atoms with Crippen LogP contribution in [0, 0.1) is 0 Å². The molecular weight excluding hydrogens is 230 g/mol.